The first-order chi connectivity index (χ1) is 29.0. The maximum Gasteiger partial charge on any atom is 0.0409 e. The molecule has 0 fully saturated rings. The maximum absolute atomic E-state index is 5.79. The number of nitrogens with zero attached hydrogens (tertiary/aromatic N) is 4. The number of nitrogen functional groups attached to an aromatic ring is 4. The van der Waals surface area contributed by atoms with Crippen molar-refractivity contribution in [2.75, 3.05) is 70.7 Å². The summed E-state index contributed by atoms with van der Waals surface area (Å²) in [5.41, 5.74) is 39.9. The summed E-state index contributed by atoms with van der Waals surface area (Å²) in [6.45, 7) is 0. The Labute approximate surface area is 354 Å². The number of nitrogens with two attached hydrogens (primary N) is 4. The van der Waals surface area contributed by atoms with E-state index in [1.807, 2.05) is 97.1 Å². The van der Waals surface area contributed by atoms with E-state index >= 15 is 0 Å². The molecule has 8 N–H and O–H groups in total. The molecule has 0 aliphatic heterocycles. The zero-order valence-corrected chi connectivity index (χ0v) is 34.6. The van der Waals surface area contributed by atoms with Gasteiger partial charge in [0.2, 0.25) is 0 Å². The molecule has 0 aliphatic carbocycles. The number of hydrogen-bond acceptors (Lipinski definition) is 8. The average molecular weight is 789 g/mol. The Morgan fingerprint density at radius 3 is 0.450 bits per heavy atom. The Hall–Kier alpha value is -7.84. The van der Waals surface area contributed by atoms with Crippen molar-refractivity contribution in [3.8, 4) is 22.3 Å². The van der Waals surface area contributed by atoms with Gasteiger partial charge in [-0.15, -0.1) is 0 Å². The molecule has 8 aromatic carbocycles. The highest BCUT2D eigenvalue weighted by molar-refractivity contribution is 5.75. The van der Waals surface area contributed by atoms with Gasteiger partial charge >= 0.3 is 0 Å². The molecule has 60 heavy (non-hydrogen) atoms. The minimum absolute atomic E-state index is 0.771. The van der Waals surface area contributed by atoms with Crippen LogP contribution in [-0.4, -0.2) is 28.2 Å². The van der Waals surface area contributed by atoms with E-state index in [2.05, 4.69) is 145 Å². The van der Waals surface area contributed by atoms with E-state index in [1.165, 1.54) is 22.3 Å². The van der Waals surface area contributed by atoms with Crippen LogP contribution in [0.25, 0.3) is 22.3 Å². The molecule has 0 atom stereocenters. The molecular weight excluding hydrogens is 737 g/mol. The van der Waals surface area contributed by atoms with Gasteiger partial charge in [0.05, 0.1) is 0 Å². The van der Waals surface area contributed by atoms with Gasteiger partial charge in [-0.2, -0.15) is 0 Å². The third-order valence-electron chi connectivity index (χ3n) is 10.8. The molecule has 8 rings (SSSR count). The predicted molar refractivity (Wildman–Crippen MR) is 259 cm³/mol. The summed E-state index contributed by atoms with van der Waals surface area (Å²) in [5, 5.41) is 0. The van der Waals surface area contributed by atoms with E-state index in [9.17, 15) is 0 Å². The summed E-state index contributed by atoms with van der Waals surface area (Å²) >= 11 is 0. The minimum atomic E-state index is 0.771. The lowest BCUT2D eigenvalue weighted by Crippen LogP contribution is -2.09. The molecule has 0 spiro atoms. The van der Waals surface area contributed by atoms with Crippen LogP contribution in [-0.2, 0) is 0 Å². The Bertz CT molecular complexity index is 2200. The Morgan fingerprint density at radius 1 is 0.200 bits per heavy atom. The van der Waals surface area contributed by atoms with Gasteiger partial charge in [-0.1, -0.05) is 48.5 Å². The summed E-state index contributed by atoms with van der Waals surface area (Å²) in [5.74, 6) is 0. The normalized spacial score (nSPS) is 10.6. The SMILES string of the molecule is CN(c1ccc(N)cc1)c1ccc(-c2ccc(N(C)c3ccc(N)cc3)cc2)cc1.CN(c1ccc(N)cc1)c1ccc(-c2ccc(N(C)c3ccc(N)cc3)cc2)cc1. The Kier molecular flexibility index (Phi) is 12.2. The summed E-state index contributed by atoms with van der Waals surface area (Å²) in [6, 6.07) is 65.9. The van der Waals surface area contributed by atoms with E-state index in [1.54, 1.807) is 0 Å². The van der Waals surface area contributed by atoms with Gasteiger partial charge in [0.15, 0.2) is 0 Å². The van der Waals surface area contributed by atoms with Gasteiger partial charge < -0.3 is 42.5 Å². The second-order valence-electron chi connectivity index (χ2n) is 14.8. The molecule has 8 nitrogen and oxygen atoms in total. The molecule has 0 saturated heterocycles. The van der Waals surface area contributed by atoms with E-state index in [0.29, 0.717) is 0 Å². The Balaban J connectivity index is 0.000000181. The second-order valence-corrected chi connectivity index (χ2v) is 14.8. The fourth-order valence-corrected chi connectivity index (χ4v) is 6.90. The second kappa shape index (κ2) is 18.2. The van der Waals surface area contributed by atoms with Crippen molar-refractivity contribution in [3.05, 3.63) is 194 Å². The number of benzene rings is 8. The fraction of sp³-hybridized carbons (Fsp3) is 0.0769. The van der Waals surface area contributed by atoms with Crippen molar-refractivity contribution in [2.45, 2.75) is 0 Å². The summed E-state index contributed by atoms with van der Waals surface area (Å²) < 4.78 is 0. The van der Waals surface area contributed by atoms with Crippen molar-refractivity contribution < 1.29 is 0 Å². The first-order valence-corrected chi connectivity index (χ1v) is 19.8. The molecule has 8 heteroatoms. The Morgan fingerprint density at radius 2 is 0.317 bits per heavy atom. The first-order valence-electron chi connectivity index (χ1n) is 19.8. The average Bonchev–Trinajstić information content (AvgIpc) is 3.29. The van der Waals surface area contributed by atoms with Crippen LogP contribution >= 0.6 is 0 Å². The molecule has 0 radical (unpaired) electrons. The zero-order chi connectivity index (χ0) is 42.2. The van der Waals surface area contributed by atoms with Crippen LogP contribution in [0.1, 0.15) is 0 Å². The lowest BCUT2D eigenvalue weighted by atomic mass is 10.0. The van der Waals surface area contributed by atoms with Gasteiger partial charge in [0.25, 0.3) is 0 Å². The third kappa shape index (κ3) is 9.64. The van der Waals surface area contributed by atoms with Crippen molar-refractivity contribution in [2.24, 2.45) is 0 Å². The predicted octanol–water partition coefficient (Wildman–Crippen LogP) is 12.1. The molecule has 8 aromatic rings. The van der Waals surface area contributed by atoms with Gasteiger partial charge in [0, 0.05) is 96.4 Å². The standard InChI is InChI=1S/2C26H26N4/c2*1-29(25-15-7-21(27)8-16-25)23-11-3-19(4-12-23)20-5-13-24(14-6-20)30(2)26-17-9-22(28)10-18-26/h2*3-18H,27-28H2,1-2H3. The van der Waals surface area contributed by atoms with Crippen molar-refractivity contribution in [1.82, 2.24) is 0 Å². The lowest BCUT2D eigenvalue weighted by Gasteiger charge is -2.21. The number of anilines is 12. The van der Waals surface area contributed by atoms with Gasteiger partial charge in [0.1, 0.15) is 0 Å². The van der Waals surface area contributed by atoms with Crippen LogP contribution in [0.15, 0.2) is 194 Å². The van der Waals surface area contributed by atoms with Gasteiger partial charge in [-0.3, -0.25) is 0 Å². The highest BCUT2D eigenvalue weighted by atomic mass is 15.1. The number of hydrogen-bond donors (Lipinski definition) is 4. The van der Waals surface area contributed by atoms with Crippen LogP contribution < -0.4 is 42.5 Å². The maximum atomic E-state index is 5.79. The van der Waals surface area contributed by atoms with E-state index in [-0.39, 0.29) is 0 Å². The van der Waals surface area contributed by atoms with E-state index < -0.39 is 0 Å². The minimum Gasteiger partial charge on any atom is -0.399 e. The van der Waals surface area contributed by atoms with Gasteiger partial charge in [-0.25, -0.2) is 0 Å². The highest BCUT2D eigenvalue weighted by Gasteiger charge is 2.09. The molecule has 0 amide bonds. The van der Waals surface area contributed by atoms with Gasteiger partial charge in [-0.05, 0) is 168 Å². The largest absolute Gasteiger partial charge is 0.399 e. The third-order valence-corrected chi connectivity index (χ3v) is 10.8. The van der Waals surface area contributed by atoms with Crippen LogP contribution in [0.5, 0.6) is 0 Å². The van der Waals surface area contributed by atoms with Crippen LogP contribution in [0.4, 0.5) is 68.2 Å². The van der Waals surface area contributed by atoms with Crippen molar-refractivity contribution in [1.29, 1.82) is 0 Å². The van der Waals surface area contributed by atoms with Crippen LogP contribution in [0.2, 0.25) is 0 Å². The molecule has 300 valence electrons. The van der Waals surface area contributed by atoms with Crippen LogP contribution in [0.3, 0.4) is 0 Å². The molecule has 0 aliphatic rings. The molecule has 0 heterocycles. The lowest BCUT2D eigenvalue weighted by molar-refractivity contribution is 1.21. The van der Waals surface area contributed by atoms with Crippen molar-refractivity contribution in [3.63, 3.8) is 0 Å². The number of rotatable bonds is 10. The fourth-order valence-electron chi connectivity index (χ4n) is 6.90. The molecule has 0 unspecified atom stereocenters. The van der Waals surface area contributed by atoms with E-state index in [4.69, 9.17) is 22.9 Å². The van der Waals surface area contributed by atoms with Crippen LogP contribution in [0, 0.1) is 0 Å². The summed E-state index contributed by atoms with van der Waals surface area (Å²) in [6.07, 6.45) is 0. The molecule has 0 aromatic heterocycles. The molecular formula is C52H52N8. The first kappa shape index (κ1) is 40.4. The van der Waals surface area contributed by atoms with Crippen molar-refractivity contribution >= 4 is 68.2 Å². The monoisotopic (exact) mass is 788 g/mol. The highest BCUT2D eigenvalue weighted by Crippen LogP contribution is 2.32. The molecule has 0 bridgehead atoms. The smallest absolute Gasteiger partial charge is 0.0409 e. The summed E-state index contributed by atoms with van der Waals surface area (Å²) in [4.78, 5) is 8.59. The quantitative estimate of drug-likeness (QED) is 0.101. The summed E-state index contributed by atoms with van der Waals surface area (Å²) in [7, 11) is 8.23. The zero-order valence-electron chi connectivity index (χ0n) is 34.6. The topological polar surface area (TPSA) is 117 Å². The molecule has 0 saturated carbocycles. The van der Waals surface area contributed by atoms with E-state index in [0.717, 1.165) is 68.2 Å².